The Morgan fingerprint density at radius 1 is 1.03 bits per heavy atom. The van der Waals surface area contributed by atoms with Crippen LogP contribution < -0.4 is 10.9 Å². The van der Waals surface area contributed by atoms with Gasteiger partial charge in [0, 0.05) is 5.69 Å². The monoisotopic (exact) mass is 403 g/mol. The van der Waals surface area contributed by atoms with Gasteiger partial charge in [-0.3, -0.25) is 14.2 Å². The molecule has 0 radical (unpaired) electrons. The van der Waals surface area contributed by atoms with Gasteiger partial charge in [-0.2, -0.15) is 13.2 Å². The molecule has 0 aliphatic carbocycles. The first kappa shape index (κ1) is 20.6. The number of hydrogen-bond donors (Lipinski definition) is 1. The largest absolute Gasteiger partial charge is 0.438 e. The number of amides is 1. The van der Waals surface area contributed by atoms with Gasteiger partial charge in [0.2, 0.25) is 11.6 Å². The number of alkyl halides is 3. The van der Waals surface area contributed by atoms with E-state index in [1.54, 1.807) is 32.9 Å². The highest BCUT2D eigenvalue weighted by Crippen LogP contribution is 2.27. The first-order valence-electron chi connectivity index (χ1n) is 8.93. The number of nitrogens with zero attached hydrogens (tertiary/aromatic N) is 2. The Bertz CT molecular complexity index is 1180. The summed E-state index contributed by atoms with van der Waals surface area (Å²) in [5, 5.41) is 2.68. The minimum absolute atomic E-state index is 0.0135. The second-order valence-electron chi connectivity index (χ2n) is 7.14. The van der Waals surface area contributed by atoms with Crippen LogP contribution in [-0.4, -0.2) is 15.5 Å². The molecule has 0 aliphatic heterocycles. The van der Waals surface area contributed by atoms with Crippen LogP contribution in [0.25, 0.3) is 11.0 Å². The molecule has 29 heavy (non-hydrogen) atoms. The lowest BCUT2D eigenvalue weighted by Crippen LogP contribution is -2.34. The first-order chi connectivity index (χ1) is 13.5. The van der Waals surface area contributed by atoms with E-state index in [-0.39, 0.29) is 11.0 Å². The number of aryl methyl sites for hydroxylation is 4. The number of hydrogen-bond acceptors (Lipinski definition) is 3. The van der Waals surface area contributed by atoms with Crippen molar-refractivity contribution < 1.29 is 18.0 Å². The van der Waals surface area contributed by atoms with Gasteiger partial charge in [-0.25, -0.2) is 4.98 Å². The molecule has 0 saturated carbocycles. The van der Waals surface area contributed by atoms with Crippen LogP contribution in [-0.2, 0) is 17.5 Å². The zero-order valence-corrected chi connectivity index (χ0v) is 16.4. The molecule has 0 fully saturated rings. The summed E-state index contributed by atoms with van der Waals surface area (Å²) >= 11 is 0. The highest BCUT2D eigenvalue weighted by molar-refractivity contribution is 5.92. The van der Waals surface area contributed by atoms with Gasteiger partial charge < -0.3 is 5.32 Å². The van der Waals surface area contributed by atoms with Gasteiger partial charge in [0.05, 0.1) is 11.0 Å². The van der Waals surface area contributed by atoms with E-state index in [0.29, 0.717) is 5.69 Å². The van der Waals surface area contributed by atoms with Crippen LogP contribution in [0.1, 0.15) is 27.9 Å². The Kier molecular flexibility index (Phi) is 5.21. The average molecular weight is 403 g/mol. The van der Waals surface area contributed by atoms with E-state index in [1.807, 2.05) is 19.1 Å². The van der Waals surface area contributed by atoms with Crippen LogP contribution in [0.2, 0.25) is 0 Å². The Morgan fingerprint density at radius 3 is 2.34 bits per heavy atom. The minimum atomic E-state index is -4.92. The van der Waals surface area contributed by atoms with Crippen LogP contribution in [0.15, 0.2) is 35.1 Å². The topological polar surface area (TPSA) is 64.0 Å². The number of benzene rings is 2. The smallest absolute Gasteiger partial charge is 0.324 e. The molecule has 2 aromatic carbocycles. The summed E-state index contributed by atoms with van der Waals surface area (Å²) in [6.07, 6.45) is -4.92. The van der Waals surface area contributed by atoms with Crippen molar-refractivity contribution in [1.29, 1.82) is 0 Å². The normalized spacial score (nSPS) is 11.7. The van der Waals surface area contributed by atoms with Crippen molar-refractivity contribution in [3.8, 4) is 0 Å². The van der Waals surface area contributed by atoms with Crippen molar-refractivity contribution in [3.05, 3.63) is 68.6 Å². The van der Waals surface area contributed by atoms with Crippen LogP contribution in [0.3, 0.4) is 0 Å². The average Bonchev–Trinajstić information content (AvgIpc) is 2.61. The summed E-state index contributed by atoms with van der Waals surface area (Å²) in [6, 6.07) is 8.53. The van der Waals surface area contributed by atoms with E-state index in [0.717, 1.165) is 26.8 Å². The summed E-state index contributed by atoms with van der Waals surface area (Å²) in [7, 11) is 0. The first-order valence-corrected chi connectivity index (χ1v) is 8.93. The molecule has 152 valence electrons. The van der Waals surface area contributed by atoms with E-state index in [2.05, 4.69) is 10.3 Å². The number of halogens is 3. The molecule has 0 bridgehead atoms. The highest BCUT2D eigenvalue weighted by Gasteiger charge is 2.37. The molecule has 0 unspecified atom stereocenters. The van der Waals surface area contributed by atoms with Gasteiger partial charge >= 0.3 is 6.18 Å². The number of nitrogens with one attached hydrogen (secondary N) is 1. The molecule has 1 aromatic heterocycles. The van der Waals surface area contributed by atoms with E-state index in [1.165, 1.54) is 6.07 Å². The Balaban J connectivity index is 2.10. The van der Waals surface area contributed by atoms with Crippen molar-refractivity contribution in [2.45, 2.75) is 40.4 Å². The maximum atomic E-state index is 13.3. The standard InChI is InChI=1S/C21H20F3N3O2/c1-11-5-6-12(2)15(7-11)25-18(28)10-27-17-9-14(4)13(3)8-16(17)26-19(20(27)29)21(22,23)24/h5-9H,10H2,1-4H3,(H,25,28). The van der Waals surface area contributed by atoms with Gasteiger partial charge in [0.1, 0.15) is 6.54 Å². The second-order valence-corrected chi connectivity index (χ2v) is 7.14. The molecule has 3 aromatic rings. The quantitative estimate of drug-likeness (QED) is 0.710. The van der Waals surface area contributed by atoms with Crippen molar-refractivity contribution in [1.82, 2.24) is 9.55 Å². The molecule has 0 saturated heterocycles. The van der Waals surface area contributed by atoms with Crippen molar-refractivity contribution in [2.75, 3.05) is 5.32 Å². The SMILES string of the molecule is Cc1ccc(C)c(NC(=O)Cn2c(=O)c(C(F)(F)F)nc3cc(C)c(C)cc32)c1. The third kappa shape index (κ3) is 4.16. The summed E-state index contributed by atoms with van der Waals surface area (Å²) in [5.41, 5.74) is 1.11. The number of anilines is 1. The molecule has 1 amide bonds. The zero-order valence-electron chi connectivity index (χ0n) is 16.4. The number of rotatable bonds is 3. The molecule has 1 heterocycles. The molecular formula is C21H20F3N3O2. The van der Waals surface area contributed by atoms with E-state index in [4.69, 9.17) is 0 Å². The number of aromatic nitrogens is 2. The van der Waals surface area contributed by atoms with Gasteiger partial charge in [0.25, 0.3) is 5.56 Å². The van der Waals surface area contributed by atoms with Crippen LogP contribution >= 0.6 is 0 Å². The summed E-state index contributed by atoms with van der Waals surface area (Å²) < 4.78 is 40.9. The zero-order chi connectivity index (χ0) is 21.5. The Morgan fingerprint density at radius 2 is 1.69 bits per heavy atom. The highest BCUT2D eigenvalue weighted by atomic mass is 19.4. The molecule has 5 nitrogen and oxygen atoms in total. The van der Waals surface area contributed by atoms with Gasteiger partial charge in [-0.15, -0.1) is 0 Å². The van der Waals surface area contributed by atoms with E-state index >= 15 is 0 Å². The molecule has 3 rings (SSSR count). The number of carbonyl (C=O) groups excluding carboxylic acids is 1. The molecule has 0 atom stereocenters. The molecule has 8 heteroatoms. The van der Waals surface area contributed by atoms with E-state index < -0.39 is 29.9 Å². The minimum Gasteiger partial charge on any atom is -0.324 e. The molecule has 1 N–H and O–H groups in total. The number of fused-ring (bicyclic) bond motifs is 1. The maximum Gasteiger partial charge on any atom is 0.438 e. The summed E-state index contributed by atoms with van der Waals surface area (Å²) in [4.78, 5) is 28.7. The fraction of sp³-hybridized carbons (Fsp3) is 0.286. The summed E-state index contributed by atoms with van der Waals surface area (Å²) in [5.74, 6) is -0.598. The Hall–Kier alpha value is -3.16. The second kappa shape index (κ2) is 7.35. The van der Waals surface area contributed by atoms with E-state index in [9.17, 15) is 22.8 Å². The molecular weight excluding hydrogens is 383 g/mol. The lowest BCUT2D eigenvalue weighted by Gasteiger charge is -2.15. The maximum absolute atomic E-state index is 13.3. The summed E-state index contributed by atoms with van der Waals surface area (Å²) in [6.45, 7) is 6.62. The van der Waals surface area contributed by atoms with Crippen molar-refractivity contribution in [3.63, 3.8) is 0 Å². The van der Waals surface area contributed by atoms with Crippen molar-refractivity contribution in [2.24, 2.45) is 0 Å². The number of carbonyl (C=O) groups is 1. The lowest BCUT2D eigenvalue weighted by atomic mass is 10.1. The lowest BCUT2D eigenvalue weighted by molar-refractivity contribution is -0.142. The van der Waals surface area contributed by atoms with Crippen molar-refractivity contribution >= 4 is 22.6 Å². The predicted molar refractivity (Wildman–Crippen MR) is 105 cm³/mol. The third-order valence-electron chi connectivity index (χ3n) is 4.80. The van der Waals surface area contributed by atoms with Gasteiger partial charge in [-0.05, 0) is 68.1 Å². The van der Waals surface area contributed by atoms with Crippen LogP contribution in [0.4, 0.5) is 18.9 Å². The molecule has 0 spiro atoms. The van der Waals surface area contributed by atoms with Crippen LogP contribution in [0.5, 0.6) is 0 Å². The molecule has 0 aliphatic rings. The fourth-order valence-electron chi connectivity index (χ4n) is 3.04. The van der Waals surface area contributed by atoms with Gasteiger partial charge in [-0.1, -0.05) is 12.1 Å². The fourth-order valence-corrected chi connectivity index (χ4v) is 3.04. The predicted octanol–water partition coefficient (Wildman–Crippen LogP) is 4.29. The van der Waals surface area contributed by atoms with Gasteiger partial charge in [0.15, 0.2) is 0 Å². The third-order valence-corrected chi connectivity index (χ3v) is 4.80. The van der Waals surface area contributed by atoms with Crippen LogP contribution in [0, 0.1) is 27.7 Å². The Labute approximate surface area is 165 Å².